The van der Waals surface area contributed by atoms with Crippen molar-refractivity contribution in [2.75, 3.05) is 0 Å². The minimum atomic E-state index is 0.159. The molecule has 7 aromatic rings. The van der Waals surface area contributed by atoms with Crippen LogP contribution < -0.4 is 0 Å². The first-order valence-electron chi connectivity index (χ1n) is 16.4. The van der Waals surface area contributed by atoms with Gasteiger partial charge in [-0.15, -0.1) is 0 Å². The van der Waals surface area contributed by atoms with Crippen LogP contribution in [-0.4, -0.2) is 19.6 Å². The number of fused-ring (bicyclic) bond motifs is 1. The lowest BCUT2D eigenvalue weighted by Crippen LogP contribution is -2.08. The van der Waals surface area contributed by atoms with E-state index in [9.17, 15) is 5.11 Å². The van der Waals surface area contributed by atoms with Crippen LogP contribution in [0.25, 0.3) is 61.8 Å². The fourth-order valence-electron chi connectivity index (χ4n) is 6.71. The highest BCUT2D eigenvalue weighted by Gasteiger charge is 2.25. The number of pyridine rings is 1. The van der Waals surface area contributed by atoms with Crippen molar-refractivity contribution in [2.45, 2.75) is 46.5 Å². The summed E-state index contributed by atoms with van der Waals surface area (Å²) in [5.41, 5.74) is 12.6. The second-order valence-electron chi connectivity index (χ2n) is 12.8. The third-order valence-electron chi connectivity index (χ3n) is 9.01. The summed E-state index contributed by atoms with van der Waals surface area (Å²) < 4.78 is 2.26. The summed E-state index contributed by atoms with van der Waals surface area (Å²) in [6.45, 7) is 11.1. The molecule has 0 aliphatic heterocycles. The predicted octanol–water partition coefficient (Wildman–Crippen LogP) is 11.3. The van der Waals surface area contributed by atoms with Gasteiger partial charge in [-0.25, -0.2) is 9.97 Å². The van der Waals surface area contributed by atoms with Gasteiger partial charge in [0.2, 0.25) is 0 Å². The molecule has 0 fully saturated rings. The zero-order valence-electron chi connectivity index (χ0n) is 27.6. The number of para-hydroxylation sites is 4. The van der Waals surface area contributed by atoms with Crippen LogP contribution in [0, 0.1) is 6.92 Å². The molecule has 0 radical (unpaired) electrons. The van der Waals surface area contributed by atoms with Gasteiger partial charge < -0.3 is 5.11 Å². The molecule has 0 aliphatic carbocycles. The number of hydrogen-bond donors (Lipinski definition) is 1. The van der Waals surface area contributed by atoms with Crippen LogP contribution >= 0.6 is 0 Å². The Bertz CT molecular complexity index is 2190. The van der Waals surface area contributed by atoms with Crippen molar-refractivity contribution >= 4 is 11.0 Å². The predicted molar refractivity (Wildman–Crippen MR) is 195 cm³/mol. The van der Waals surface area contributed by atoms with Crippen LogP contribution in [0.2, 0.25) is 0 Å². The summed E-state index contributed by atoms with van der Waals surface area (Å²) in [5.74, 6) is 1.45. The van der Waals surface area contributed by atoms with Crippen LogP contribution in [-0.2, 0) is 0 Å². The molecule has 1 N–H and O–H groups in total. The van der Waals surface area contributed by atoms with Crippen molar-refractivity contribution in [3.63, 3.8) is 0 Å². The third kappa shape index (κ3) is 5.40. The standard InChI is InChI=1S/C43H39N3O/c1-27(2)32-20-14-21-33(28(3)4)41(32)46-38-25-13-12-24-36(38)45-43(46)35-23-15-22-34(42(35)47)40-39(31-18-10-7-11-19-31)29(5)26-37(44-40)30-16-8-6-9-17-30/h6-28,47H,1-5H3. The molecule has 4 heteroatoms. The van der Waals surface area contributed by atoms with E-state index in [2.05, 4.69) is 99.8 Å². The van der Waals surface area contributed by atoms with Crippen LogP contribution in [0.5, 0.6) is 5.75 Å². The number of hydrogen-bond acceptors (Lipinski definition) is 3. The number of nitrogens with zero attached hydrogens (tertiary/aromatic N) is 3. The van der Waals surface area contributed by atoms with Gasteiger partial charge in [0.05, 0.1) is 33.7 Å². The Labute approximate surface area is 277 Å². The largest absolute Gasteiger partial charge is 0.506 e. The number of benzene rings is 5. The second kappa shape index (κ2) is 12.4. The highest BCUT2D eigenvalue weighted by Crippen LogP contribution is 2.45. The normalized spacial score (nSPS) is 11.6. The molecule has 0 bridgehead atoms. The van der Waals surface area contributed by atoms with E-state index in [0.717, 1.165) is 50.4 Å². The van der Waals surface area contributed by atoms with Crippen LogP contribution in [0.3, 0.4) is 0 Å². The lowest BCUT2D eigenvalue weighted by atomic mass is 9.91. The molecular weight excluding hydrogens is 574 g/mol. The van der Waals surface area contributed by atoms with Gasteiger partial charge in [-0.1, -0.05) is 125 Å². The number of aryl methyl sites for hydroxylation is 1. The Balaban J connectivity index is 1.53. The SMILES string of the molecule is Cc1cc(-c2ccccc2)nc(-c2cccc(-c3nc4ccccc4n3-c3c(C(C)C)cccc3C(C)C)c2O)c1-c1ccccc1. The van der Waals surface area contributed by atoms with Crippen molar-refractivity contribution in [3.8, 4) is 56.5 Å². The molecule has 2 heterocycles. The topological polar surface area (TPSA) is 50.9 Å². The van der Waals surface area contributed by atoms with Crippen molar-refractivity contribution in [1.82, 2.24) is 14.5 Å². The van der Waals surface area contributed by atoms with Crippen molar-refractivity contribution in [1.29, 1.82) is 0 Å². The first-order chi connectivity index (χ1) is 22.8. The molecule has 0 aliphatic rings. The number of aromatic nitrogens is 3. The molecule has 47 heavy (non-hydrogen) atoms. The summed E-state index contributed by atoms with van der Waals surface area (Å²) >= 11 is 0. The highest BCUT2D eigenvalue weighted by molar-refractivity contribution is 5.92. The van der Waals surface area contributed by atoms with Crippen molar-refractivity contribution in [3.05, 3.63) is 144 Å². The lowest BCUT2D eigenvalue weighted by molar-refractivity contribution is 0.478. The summed E-state index contributed by atoms with van der Waals surface area (Å²) in [5, 5.41) is 12.4. The average Bonchev–Trinajstić information content (AvgIpc) is 3.47. The van der Waals surface area contributed by atoms with Gasteiger partial charge in [-0.05, 0) is 71.3 Å². The molecule has 2 aromatic heterocycles. The molecule has 4 nitrogen and oxygen atoms in total. The maximum absolute atomic E-state index is 12.4. The first kappa shape index (κ1) is 30.2. The Hall–Kier alpha value is -5.48. The van der Waals surface area contributed by atoms with E-state index in [0.29, 0.717) is 28.8 Å². The second-order valence-corrected chi connectivity index (χ2v) is 12.8. The minimum Gasteiger partial charge on any atom is -0.506 e. The number of aromatic hydroxyl groups is 1. The lowest BCUT2D eigenvalue weighted by Gasteiger charge is -2.23. The van der Waals surface area contributed by atoms with Gasteiger partial charge in [-0.3, -0.25) is 4.57 Å². The fourth-order valence-corrected chi connectivity index (χ4v) is 6.71. The van der Waals surface area contributed by atoms with Gasteiger partial charge in [0.15, 0.2) is 0 Å². The van der Waals surface area contributed by atoms with E-state index in [1.54, 1.807) is 0 Å². The molecule has 0 spiro atoms. The number of phenolic OH excluding ortho intramolecular Hbond substituents is 1. The van der Waals surface area contributed by atoms with Gasteiger partial charge in [0.25, 0.3) is 0 Å². The number of rotatable bonds is 7. The summed E-state index contributed by atoms with van der Waals surface area (Å²) in [6.07, 6.45) is 0. The molecule has 0 unspecified atom stereocenters. The average molecular weight is 614 g/mol. The maximum Gasteiger partial charge on any atom is 0.149 e. The van der Waals surface area contributed by atoms with E-state index >= 15 is 0 Å². The maximum atomic E-state index is 12.4. The van der Waals surface area contributed by atoms with Crippen LogP contribution in [0.1, 0.15) is 56.2 Å². The zero-order valence-corrected chi connectivity index (χ0v) is 27.6. The first-order valence-corrected chi connectivity index (χ1v) is 16.4. The zero-order chi connectivity index (χ0) is 32.7. The van der Waals surface area contributed by atoms with Crippen molar-refractivity contribution in [2.24, 2.45) is 0 Å². The van der Waals surface area contributed by atoms with E-state index in [1.165, 1.54) is 11.1 Å². The fraction of sp³-hybridized carbons (Fsp3) is 0.163. The molecular formula is C43H39N3O. The summed E-state index contributed by atoms with van der Waals surface area (Å²) in [4.78, 5) is 10.5. The Kier molecular flexibility index (Phi) is 7.95. The molecule has 232 valence electrons. The van der Waals surface area contributed by atoms with Crippen LogP contribution in [0.15, 0.2) is 127 Å². The highest BCUT2D eigenvalue weighted by atomic mass is 16.3. The van der Waals surface area contributed by atoms with E-state index in [1.807, 2.05) is 66.7 Å². The Morgan fingerprint density at radius 2 is 1.17 bits per heavy atom. The van der Waals surface area contributed by atoms with E-state index < -0.39 is 0 Å². The minimum absolute atomic E-state index is 0.159. The van der Waals surface area contributed by atoms with Crippen LogP contribution in [0.4, 0.5) is 0 Å². The van der Waals surface area contributed by atoms with Gasteiger partial charge in [-0.2, -0.15) is 0 Å². The third-order valence-corrected chi connectivity index (χ3v) is 9.01. The molecule has 0 atom stereocenters. The van der Waals surface area contributed by atoms with E-state index in [4.69, 9.17) is 9.97 Å². The monoisotopic (exact) mass is 613 g/mol. The molecule has 0 saturated carbocycles. The molecule has 7 rings (SSSR count). The van der Waals surface area contributed by atoms with Crippen molar-refractivity contribution < 1.29 is 5.11 Å². The van der Waals surface area contributed by atoms with E-state index in [-0.39, 0.29) is 5.75 Å². The molecule has 0 saturated heterocycles. The number of phenols is 1. The Morgan fingerprint density at radius 3 is 1.83 bits per heavy atom. The summed E-state index contributed by atoms with van der Waals surface area (Å²) in [6, 6.07) is 43.4. The van der Waals surface area contributed by atoms with Gasteiger partial charge in [0.1, 0.15) is 11.6 Å². The van der Waals surface area contributed by atoms with Gasteiger partial charge >= 0.3 is 0 Å². The summed E-state index contributed by atoms with van der Waals surface area (Å²) in [7, 11) is 0. The molecule has 0 amide bonds. The van der Waals surface area contributed by atoms with Gasteiger partial charge in [0, 0.05) is 16.7 Å². The molecule has 5 aromatic carbocycles. The smallest absolute Gasteiger partial charge is 0.149 e. The Morgan fingerprint density at radius 1 is 0.596 bits per heavy atom. The number of imidazole rings is 1. The quantitative estimate of drug-likeness (QED) is 0.195.